The molecule has 174 valence electrons. The van der Waals surface area contributed by atoms with E-state index in [9.17, 15) is 9.59 Å². The van der Waals surface area contributed by atoms with Crippen LogP contribution >= 0.6 is 11.3 Å². The fraction of sp³-hybridized carbons (Fsp3) is 0.172. The molecule has 3 aromatic carbocycles. The van der Waals surface area contributed by atoms with Crippen molar-refractivity contribution < 1.29 is 9.59 Å². The Morgan fingerprint density at radius 3 is 2.06 bits per heavy atom. The van der Waals surface area contributed by atoms with Crippen LogP contribution in [0.25, 0.3) is 0 Å². The van der Waals surface area contributed by atoms with Crippen LogP contribution in [-0.2, 0) is 16.8 Å². The van der Waals surface area contributed by atoms with E-state index < -0.39 is 5.54 Å². The second kappa shape index (κ2) is 8.80. The van der Waals surface area contributed by atoms with E-state index in [1.54, 1.807) is 11.3 Å². The monoisotopic (exact) mass is 479 g/mol. The van der Waals surface area contributed by atoms with Gasteiger partial charge in [-0.1, -0.05) is 91.0 Å². The van der Waals surface area contributed by atoms with Gasteiger partial charge in [-0.15, -0.1) is 11.3 Å². The standard InChI is InChI=1S/C29H25N3O2S/c33-27-29(22-12-6-2-7-13-22,23-14-8-3-9-15-23)30-28(34)32(27)20-31-18-16-25-24(17-19-35-25)26(31)21-10-4-1-5-11-21/h1-15,17,19,26H,16,18,20H2,(H,30,34). The SMILES string of the molecule is O=C1NC(c2ccccc2)(c2ccccc2)C(=O)N1CN1CCc2sccc2C1c1ccccc1. The Bertz CT molecular complexity index is 1310. The topological polar surface area (TPSA) is 52.7 Å². The van der Waals surface area contributed by atoms with Gasteiger partial charge >= 0.3 is 6.03 Å². The second-order valence-corrected chi connectivity index (χ2v) is 9.96. The number of hydrogen-bond acceptors (Lipinski definition) is 4. The first-order chi connectivity index (χ1) is 17.2. The summed E-state index contributed by atoms with van der Waals surface area (Å²) in [5.74, 6) is -0.247. The van der Waals surface area contributed by atoms with Crippen LogP contribution in [0.2, 0.25) is 0 Å². The van der Waals surface area contributed by atoms with Crippen molar-refractivity contribution in [2.24, 2.45) is 0 Å². The predicted octanol–water partition coefficient (Wildman–Crippen LogP) is 5.15. The Balaban J connectivity index is 1.39. The average Bonchev–Trinajstić information content (AvgIpc) is 3.49. The van der Waals surface area contributed by atoms with Gasteiger partial charge in [0, 0.05) is 11.4 Å². The van der Waals surface area contributed by atoms with E-state index >= 15 is 0 Å². The molecule has 3 amide bonds. The molecule has 2 aliphatic heterocycles. The molecule has 3 heterocycles. The Morgan fingerprint density at radius 1 is 0.829 bits per heavy atom. The minimum atomic E-state index is -1.24. The molecular formula is C29H25N3O2S. The van der Waals surface area contributed by atoms with Gasteiger partial charge in [0.05, 0.1) is 12.7 Å². The minimum Gasteiger partial charge on any atom is -0.315 e. The smallest absolute Gasteiger partial charge is 0.315 e. The van der Waals surface area contributed by atoms with Crippen molar-refractivity contribution in [1.29, 1.82) is 0 Å². The quantitative estimate of drug-likeness (QED) is 0.403. The van der Waals surface area contributed by atoms with Crippen molar-refractivity contribution in [2.75, 3.05) is 13.2 Å². The lowest BCUT2D eigenvalue weighted by molar-refractivity contribution is -0.132. The second-order valence-electron chi connectivity index (χ2n) is 8.96. The summed E-state index contributed by atoms with van der Waals surface area (Å²) in [6.45, 7) is 0.995. The highest BCUT2D eigenvalue weighted by atomic mass is 32.1. The van der Waals surface area contributed by atoms with Crippen molar-refractivity contribution >= 4 is 23.3 Å². The summed E-state index contributed by atoms with van der Waals surface area (Å²) in [6, 6.07) is 31.2. The number of carbonyl (C=O) groups is 2. The van der Waals surface area contributed by atoms with E-state index in [4.69, 9.17) is 0 Å². The predicted molar refractivity (Wildman–Crippen MR) is 137 cm³/mol. The van der Waals surface area contributed by atoms with Gasteiger partial charge in [-0.25, -0.2) is 9.69 Å². The lowest BCUT2D eigenvalue weighted by Gasteiger charge is -2.38. The summed E-state index contributed by atoms with van der Waals surface area (Å²) in [5.41, 5.74) is 2.69. The number of amides is 3. The molecule has 1 N–H and O–H groups in total. The summed E-state index contributed by atoms with van der Waals surface area (Å²) in [7, 11) is 0. The van der Waals surface area contributed by atoms with Gasteiger partial charge in [0.15, 0.2) is 5.54 Å². The van der Waals surface area contributed by atoms with Gasteiger partial charge in [-0.2, -0.15) is 0 Å². The Hall–Kier alpha value is -3.74. The zero-order valence-corrected chi connectivity index (χ0v) is 19.9. The van der Waals surface area contributed by atoms with Crippen LogP contribution < -0.4 is 5.32 Å². The average molecular weight is 480 g/mol. The third-order valence-corrected chi connectivity index (χ3v) is 8.02. The number of imide groups is 1. The van der Waals surface area contributed by atoms with E-state index in [1.165, 1.54) is 15.3 Å². The maximum absolute atomic E-state index is 14.2. The van der Waals surface area contributed by atoms with Gasteiger partial charge in [0.1, 0.15) is 0 Å². The van der Waals surface area contributed by atoms with Gasteiger partial charge in [-0.05, 0) is 40.1 Å². The highest BCUT2D eigenvalue weighted by molar-refractivity contribution is 7.10. The van der Waals surface area contributed by atoms with Crippen LogP contribution in [0, 0.1) is 0 Å². The number of thiophene rings is 1. The van der Waals surface area contributed by atoms with Crippen LogP contribution in [0.3, 0.4) is 0 Å². The number of urea groups is 1. The number of nitrogens with one attached hydrogen (secondary N) is 1. The fourth-order valence-electron chi connectivity index (χ4n) is 5.37. The number of carbonyl (C=O) groups excluding carboxylic acids is 2. The third kappa shape index (κ3) is 3.57. The molecule has 0 saturated carbocycles. The van der Waals surface area contributed by atoms with Gasteiger partial charge in [0.25, 0.3) is 5.91 Å². The largest absolute Gasteiger partial charge is 0.326 e. The number of rotatable bonds is 5. The molecule has 0 spiro atoms. The molecule has 1 saturated heterocycles. The molecule has 0 aliphatic carbocycles. The van der Waals surface area contributed by atoms with E-state index in [2.05, 4.69) is 33.8 Å². The maximum atomic E-state index is 14.2. The van der Waals surface area contributed by atoms with Crippen molar-refractivity contribution in [2.45, 2.75) is 18.0 Å². The third-order valence-electron chi connectivity index (χ3n) is 7.02. The van der Waals surface area contributed by atoms with Crippen molar-refractivity contribution in [3.05, 3.63) is 130 Å². The lowest BCUT2D eigenvalue weighted by atomic mass is 9.82. The number of fused-ring (bicyclic) bond motifs is 1. The first-order valence-electron chi connectivity index (χ1n) is 11.8. The Kier molecular flexibility index (Phi) is 5.47. The van der Waals surface area contributed by atoms with Crippen LogP contribution in [0.1, 0.15) is 33.2 Å². The fourth-order valence-corrected chi connectivity index (χ4v) is 6.27. The molecular weight excluding hydrogens is 454 g/mol. The van der Waals surface area contributed by atoms with Crippen LogP contribution in [0.5, 0.6) is 0 Å². The zero-order chi connectivity index (χ0) is 23.8. The molecule has 0 bridgehead atoms. The Labute approximate surface area is 208 Å². The van der Waals surface area contributed by atoms with Crippen LogP contribution in [-0.4, -0.2) is 35.0 Å². The van der Waals surface area contributed by atoms with Gasteiger partial charge in [0.2, 0.25) is 0 Å². The summed E-state index contributed by atoms with van der Waals surface area (Å²) < 4.78 is 0. The normalized spacial score (nSPS) is 19.4. The Morgan fingerprint density at radius 2 is 1.43 bits per heavy atom. The van der Waals surface area contributed by atoms with E-state index in [1.807, 2.05) is 78.9 Å². The van der Waals surface area contributed by atoms with Crippen LogP contribution in [0.15, 0.2) is 102 Å². The molecule has 2 aliphatic rings. The molecule has 1 aromatic heterocycles. The molecule has 4 aromatic rings. The lowest BCUT2D eigenvalue weighted by Crippen LogP contribution is -2.48. The van der Waals surface area contributed by atoms with Crippen molar-refractivity contribution in [3.8, 4) is 0 Å². The first kappa shape index (κ1) is 21.8. The molecule has 35 heavy (non-hydrogen) atoms. The maximum Gasteiger partial charge on any atom is 0.326 e. The molecule has 6 heteroatoms. The minimum absolute atomic E-state index is 0.00440. The highest BCUT2D eigenvalue weighted by Gasteiger charge is 2.54. The number of hydrogen-bond donors (Lipinski definition) is 1. The zero-order valence-electron chi connectivity index (χ0n) is 19.1. The van der Waals surface area contributed by atoms with E-state index in [0.29, 0.717) is 0 Å². The molecule has 0 radical (unpaired) electrons. The number of benzene rings is 3. The van der Waals surface area contributed by atoms with Crippen LogP contribution in [0.4, 0.5) is 4.79 Å². The highest BCUT2D eigenvalue weighted by Crippen LogP contribution is 2.40. The van der Waals surface area contributed by atoms with Crippen molar-refractivity contribution in [1.82, 2.24) is 15.1 Å². The molecule has 5 nitrogen and oxygen atoms in total. The summed E-state index contributed by atoms with van der Waals surface area (Å²) in [4.78, 5) is 32.6. The summed E-state index contributed by atoms with van der Waals surface area (Å²) in [6.07, 6.45) is 0.905. The van der Waals surface area contributed by atoms with Crippen molar-refractivity contribution in [3.63, 3.8) is 0 Å². The molecule has 6 rings (SSSR count). The molecule has 1 unspecified atom stereocenters. The molecule has 1 fully saturated rings. The molecule has 1 atom stereocenters. The first-order valence-corrected chi connectivity index (χ1v) is 12.7. The van der Waals surface area contributed by atoms with E-state index in [-0.39, 0.29) is 24.6 Å². The number of nitrogens with zero attached hydrogens (tertiary/aromatic N) is 2. The summed E-state index contributed by atoms with van der Waals surface area (Å²) >= 11 is 1.78. The van der Waals surface area contributed by atoms with Gasteiger partial charge < -0.3 is 5.32 Å². The summed E-state index contributed by atoms with van der Waals surface area (Å²) in [5, 5.41) is 5.20. The van der Waals surface area contributed by atoms with E-state index in [0.717, 1.165) is 29.7 Å². The van der Waals surface area contributed by atoms with Gasteiger partial charge in [-0.3, -0.25) is 9.69 Å².